The molecule has 0 spiro atoms. The Morgan fingerprint density at radius 1 is 0.585 bits per heavy atom. The molecule has 4 nitrogen and oxygen atoms in total. The first-order chi connectivity index (χ1) is 26.0. The number of allylic oxidation sites excluding steroid dienone is 1. The maximum absolute atomic E-state index is 8.89. The first-order valence-corrected chi connectivity index (χ1v) is 18.0. The molecule has 0 amide bonds. The fourth-order valence-electron chi connectivity index (χ4n) is 8.25. The van der Waals surface area contributed by atoms with E-state index in [1.807, 2.05) is 85.2 Å². The van der Waals surface area contributed by atoms with Crippen molar-refractivity contribution in [2.75, 3.05) is 0 Å². The minimum Gasteiger partial charge on any atom is -0.455 e. The zero-order chi connectivity index (χ0) is 35.7. The Bertz CT molecular complexity index is 2980. The van der Waals surface area contributed by atoms with Gasteiger partial charge < -0.3 is 9.83 Å². The molecule has 9 aromatic rings. The van der Waals surface area contributed by atoms with E-state index in [9.17, 15) is 0 Å². The van der Waals surface area contributed by atoms with Gasteiger partial charge >= 0.3 is 0 Å². The smallest absolute Gasteiger partial charge is 0.143 e. The molecular weight excluding hydrogens is 647 g/mol. The van der Waals surface area contributed by atoms with E-state index < -0.39 is 0 Å². The number of fused-ring (bicyclic) bond motifs is 9. The quantitative estimate of drug-likeness (QED) is 0.138. The van der Waals surface area contributed by atoms with Crippen molar-refractivity contribution in [2.45, 2.75) is 19.3 Å². The van der Waals surface area contributed by atoms with Crippen molar-refractivity contribution in [2.24, 2.45) is 4.99 Å². The molecule has 0 bridgehead atoms. The number of furan rings is 1. The van der Waals surface area contributed by atoms with E-state index in [1.165, 1.54) is 33.0 Å². The van der Waals surface area contributed by atoms with Gasteiger partial charge in [-0.15, -0.1) is 0 Å². The van der Waals surface area contributed by atoms with E-state index in [0.29, 0.717) is 5.71 Å². The molecule has 1 aliphatic rings. The summed E-state index contributed by atoms with van der Waals surface area (Å²) in [5.41, 5.74) is 14.1. The number of rotatable bonds is 6. The van der Waals surface area contributed by atoms with E-state index in [0.717, 1.165) is 60.9 Å². The average molecular weight is 682 g/mol. The molecule has 0 unspecified atom stereocenters. The zero-order valence-corrected chi connectivity index (χ0v) is 29.5. The van der Waals surface area contributed by atoms with Crippen LogP contribution in [0.2, 0.25) is 0 Å². The SMILES string of the molecule is CC1(C)c2cc(-c3cccc4c3oc3ccccc34)ccc2-c2cc3c(cc21)c1ccccc1n3/C=N/C(=C\C(=N)c1ccccc1)c1ccccc1. The van der Waals surface area contributed by atoms with Crippen molar-refractivity contribution >= 4 is 61.5 Å². The van der Waals surface area contributed by atoms with Crippen molar-refractivity contribution < 1.29 is 4.42 Å². The molecule has 0 aliphatic heterocycles. The number of hydrogen-bond acceptors (Lipinski definition) is 3. The second-order valence-electron chi connectivity index (χ2n) is 14.4. The lowest BCUT2D eigenvalue weighted by Crippen LogP contribution is -2.15. The summed E-state index contributed by atoms with van der Waals surface area (Å²) >= 11 is 0. The predicted molar refractivity (Wildman–Crippen MR) is 221 cm³/mol. The number of nitrogens with zero attached hydrogens (tertiary/aromatic N) is 2. The number of para-hydroxylation sites is 3. The number of benzene rings is 7. The molecule has 7 aromatic carbocycles. The van der Waals surface area contributed by atoms with Gasteiger partial charge in [0.15, 0.2) is 0 Å². The van der Waals surface area contributed by atoms with Crippen LogP contribution in [-0.2, 0) is 5.41 Å². The van der Waals surface area contributed by atoms with E-state index in [-0.39, 0.29) is 5.41 Å². The molecule has 1 aliphatic carbocycles. The normalized spacial score (nSPS) is 13.7. The van der Waals surface area contributed by atoms with Crippen LogP contribution in [-0.4, -0.2) is 16.6 Å². The summed E-state index contributed by atoms with van der Waals surface area (Å²) in [6, 6.07) is 54.8. The highest BCUT2D eigenvalue weighted by molar-refractivity contribution is 6.15. The summed E-state index contributed by atoms with van der Waals surface area (Å²) < 4.78 is 8.65. The fraction of sp³-hybridized carbons (Fsp3) is 0.0612. The molecule has 2 heterocycles. The van der Waals surface area contributed by atoms with Crippen LogP contribution < -0.4 is 0 Å². The summed E-state index contributed by atoms with van der Waals surface area (Å²) in [6.07, 6.45) is 3.78. The van der Waals surface area contributed by atoms with Gasteiger partial charge in [-0.1, -0.05) is 141 Å². The van der Waals surface area contributed by atoms with Crippen LogP contribution in [0.15, 0.2) is 173 Å². The summed E-state index contributed by atoms with van der Waals surface area (Å²) in [5.74, 6) is 0. The Kier molecular flexibility index (Phi) is 6.96. The highest BCUT2D eigenvalue weighted by Crippen LogP contribution is 2.52. The first-order valence-electron chi connectivity index (χ1n) is 18.0. The molecule has 2 aromatic heterocycles. The van der Waals surface area contributed by atoms with Crippen LogP contribution in [0.5, 0.6) is 0 Å². The highest BCUT2D eigenvalue weighted by atomic mass is 16.3. The lowest BCUT2D eigenvalue weighted by Gasteiger charge is -2.22. The minimum atomic E-state index is -0.213. The second kappa shape index (κ2) is 11.9. The highest BCUT2D eigenvalue weighted by Gasteiger charge is 2.36. The number of nitrogens with one attached hydrogen (secondary N) is 1. The maximum atomic E-state index is 8.89. The Labute approximate surface area is 307 Å². The van der Waals surface area contributed by atoms with E-state index in [4.69, 9.17) is 14.8 Å². The van der Waals surface area contributed by atoms with Gasteiger partial charge in [-0.3, -0.25) is 4.57 Å². The van der Waals surface area contributed by atoms with Gasteiger partial charge in [0, 0.05) is 38.1 Å². The molecule has 4 heteroatoms. The van der Waals surface area contributed by atoms with Gasteiger partial charge in [-0.2, -0.15) is 0 Å². The zero-order valence-electron chi connectivity index (χ0n) is 29.5. The van der Waals surface area contributed by atoms with Gasteiger partial charge in [0.2, 0.25) is 0 Å². The molecule has 0 atom stereocenters. The second-order valence-corrected chi connectivity index (χ2v) is 14.4. The Morgan fingerprint density at radius 3 is 2.08 bits per heavy atom. The van der Waals surface area contributed by atoms with E-state index in [1.54, 1.807) is 0 Å². The lowest BCUT2D eigenvalue weighted by molar-refractivity contribution is 0.661. The minimum absolute atomic E-state index is 0.213. The Morgan fingerprint density at radius 2 is 1.26 bits per heavy atom. The topological polar surface area (TPSA) is 54.3 Å². The van der Waals surface area contributed by atoms with Crippen LogP contribution in [0.4, 0.5) is 0 Å². The molecule has 252 valence electrons. The number of aromatic nitrogens is 1. The fourth-order valence-corrected chi connectivity index (χ4v) is 8.25. The molecule has 0 saturated carbocycles. The summed E-state index contributed by atoms with van der Waals surface area (Å²) in [7, 11) is 0. The number of aliphatic imine (C=N–C) groups is 1. The van der Waals surface area contributed by atoms with Crippen LogP contribution >= 0.6 is 0 Å². The van der Waals surface area contributed by atoms with Crippen LogP contribution in [0.3, 0.4) is 0 Å². The van der Waals surface area contributed by atoms with Gasteiger partial charge in [0.05, 0.1) is 22.4 Å². The summed E-state index contributed by atoms with van der Waals surface area (Å²) in [4.78, 5) is 5.10. The monoisotopic (exact) mass is 681 g/mol. The lowest BCUT2D eigenvalue weighted by atomic mass is 9.81. The molecule has 0 fully saturated rings. The Balaban J connectivity index is 1.12. The molecule has 53 heavy (non-hydrogen) atoms. The van der Waals surface area contributed by atoms with Crippen LogP contribution in [0.25, 0.3) is 71.7 Å². The Hall–Kier alpha value is -6.78. The van der Waals surface area contributed by atoms with Crippen LogP contribution in [0.1, 0.15) is 36.1 Å². The maximum Gasteiger partial charge on any atom is 0.143 e. The van der Waals surface area contributed by atoms with Crippen molar-refractivity contribution in [1.29, 1.82) is 5.41 Å². The van der Waals surface area contributed by atoms with Gasteiger partial charge in [0.25, 0.3) is 0 Å². The molecular formula is C49H35N3O. The van der Waals surface area contributed by atoms with E-state index in [2.05, 4.69) is 103 Å². The van der Waals surface area contributed by atoms with Crippen molar-refractivity contribution in [3.8, 4) is 22.3 Å². The predicted octanol–water partition coefficient (Wildman–Crippen LogP) is 12.7. The third kappa shape index (κ3) is 4.91. The first kappa shape index (κ1) is 31.0. The van der Waals surface area contributed by atoms with Gasteiger partial charge in [0.1, 0.15) is 17.5 Å². The third-order valence-electron chi connectivity index (χ3n) is 11.0. The van der Waals surface area contributed by atoms with Crippen molar-refractivity contribution in [1.82, 2.24) is 4.57 Å². The molecule has 0 saturated heterocycles. The third-order valence-corrected chi connectivity index (χ3v) is 11.0. The summed E-state index contributed by atoms with van der Waals surface area (Å²) in [5, 5.41) is 13.5. The summed E-state index contributed by atoms with van der Waals surface area (Å²) in [6.45, 7) is 4.68. The van der Waals surface area contributed by atoms with Crippen molar-refractivity contribution in [3.05, 3.63) is 186 Å². The van der Waals surface area contributed by atoms with Gasteiger partial charge in [-0.05, 0) is 69.8 Å². The standard InChI is InChI=1S/C49H35N3O/c1-49(2)41-26-33(34-20-13-21-38-37-19-10-12-23-47(37)53-48(34)38)24-25-35(41)39-28-46-40(27-42(39)49)36-18-9-11-22-45(36)52(46)30-51-44(32-16-7-4-8-17-32)29-43(50)31-14-5-3-6-15-31/h3-30,50H,1-2H3/b44-29-,50-43?,51-30+. The van der Waals surface area contributed by atoms with Gasteiger partial charge in [-0.25, -0.2) is 4.99 Å². The van der Waals surface area contributed by atoms with Crippen LogP contribution in [0, 0.1) is 5.41 Å². The molecule has 0 radical (unpaired) electrons. The van der Waals surface area contributed by atoms with E-state index >= 15 is 0 Å². The molecule has 1 N–H and O–H groups in total. The van der Waals surface area contributed by atoms with Crippen molar-refractivity contribution in [3.63, 3.8) is 0 Å². The number of hydrogen-bond donors (Lipinski definition) is 1. The molecule has 10 rings (SSSR count). The average Bonchev–Trinajstić information content (AvgIpc) is 3.81. The largest absolute Gasteiger partial charge is 0.455 e.